The molecule has 0 atom stereocenters. The van der Waals surface area contributed by atoms with E-state index >= 15 is 0 Å². The maximum absolute atomic E-state index is 11.8. The van der Waals surface area contributed by atoms with Gasteiger partial charge in [0.25, 0.3) is 5.91 Å². The van der Waals surface area contributed by atoms with Gasteiger partial charge >= 0.3 is 0 Å². The minimum Gasteiger partial charge on any atom is -0.508 e. The highest BCUT2D eigenvalue weighted by molar-refractivity contribution is 6.04. The topological polar surface area (TPSA) is 102 Å². The minimum absolute atomic E-state index is 0.0605. The molecule has 2 aromatic carbocycles. The molecule has 0 radical (unpaired) electrons. The second-order valence-electron chi connectivity index (χ2n) is 4.36. The molecule has 6 heteroatoms. The predicted octanol–water partition coefficient (Wildman–Crippen LogP) is 1.96. The number of nitrogens with one attached hydrogen (secondary N) is 1. The Bertz CT molecular complexity index is 673. The third-order valence-corrected chi connectivity index (χ3v) is 2.84. The van der Waals surface area contributed by atoms with Gasteiger partial charge in [0.1, 0.15) is 17.2 Å². The second-order valence-corrected chi connectivity index (χ2v) is 4.36. The lowest BCUT2D eigenvalue weighted by atomic mass is 10.1. The van der Waals surface area contributed by atoms with E-state index in [4.69, 9.17) is 5.11 Å². The van der Waals surface area contributed by atoms with Crippen molar-refractivity contribution in [1.82, 2.24) is 5.43 Å². The molecule has 0 fully saturated rings. The van der Waals surface area contributed by atoms with E-state index in [9.17, 15) is 15.0 Å². The second kappa shape index (κ2) is 5.96. The monoisotopic (exact) mass is 286 g/mol. The Hall–Kier alpha value is -3.02. The summed E-state index contributed by atoms with van der Waals surface area (Å²) in [6.07, 6.45) is 0. The van der Waals surface area contributed by atoms with Crippen LogP contribution in [0.4, 0.5) is 0 Å². The molecule has 4 N–H and O–H groups in total. The van der Waals surface area contributed by atoms with E-state index in [1.807, 2.05) is 0 Å². The Morgan fingerprint density at radius 2 is 1.57 bits per heavy atom. The average Bonchev–Trinajstić information content (AvgIpc) is 2.45. The summed E-state index contributed by atoms with van der Waals surface area (Å²) in [5.41, 5.74) is 3.06. The maximum atomic E-state index is 11.8. The molecule has 2 rings (SSSR count). The summed E-state index contributed by atoms with van der Waals surface area (Å²) in [6, 6.07) is 10.0. The van der Waals surface area contributed by atoms with Crippen LogP contribution < -0.4 is 5.43 Å². The predicted molar refractivity (Wildman–Crippen MR) is 77.6 cm³/mol. The Labute approximate surface area is 121 Å². The van der Waals surface area contributed by atoms with Gasteiger partial charge in [0.2, 0.25) is 0 Å². The van der Waals surface area contributed by atoms with Gasteiger partial charge in [-0.1, -0.05) is 6.07 Å². The number of phenols is 3. The molecule has 0 aliphatic carbocycles. The summed E-state index contributed by atoms with van der Waals surface area (Å²) in [5.74, 6) is -0.667. The van der Waals surface area contributed by atoms with Crippen LogP contribution in [0.25, 0.3) is 0 Å². The quantitative estimate of drug-likeness (QED) is 0.511. The lowest BCUT2D eigenvalue weighted by Gasteiger charge is -2.07. The Morgan fingerprint density at radius 3 is 2.14 bits per heavy atom. The molecule has 21 heavy (non-hydrogen) atoms. The lowest BCUT2D eigenvalue weighted by Crippen LogP contribution is -2.19. The number of hydrogen-bond acceptors (Lipinski definition) is 5. The fourth-order valence-corrected chi connectivity index (χ4v) is 1.77. The zero-order valence-corrected chi connectivity index (χ0v) is 11.2. The van der Waals surface area contributed by atoms with Gasteiger partial charge in [0.05, 0.1) is 11.3 Å². The highest BCUT2D eigenvalue weighted by atomic mass is 16.3. The molecule has 0 bridgehead atoms. The first-order chi connectivity index (χ1) is 9.99. The molecule has 6 nitrogen and oxygen atoms in total. The fraction of sp³-hybridized carbons (Fsp3) is 0.0667. The molecule has 0 aliphatic rings. The van der Waals surface area contributed by atoms with Gasteiger partial charge in [0, 0.05) is 5.56 Å². The van der Waals surface area contributed by atoms with Gasteiger partial charge in [-0.25, -0.2) is 5.43 Å². The largest absolute Gasteiger partial charge is 0.508 e. The zero-order chi connectivity index (χ0) is 15.4. The number of phenolic OH excluding ortho intramolecular Hbond substituents is 3. The molecule has 108 valence electrons. The first-order valence-corrected chi connectivity index (χ1v) is 6.14. The van der Waals surface area contributed by atoms with Crippen molar-refractivity contribution in [1.29, 1.82) is 0 Å². The van der Waals surface area contributed by atoms with Crippen LogP contribution in [0.2, 0.25) is 0 Å². The van der Waals surface area contributed by atoms with E-state index in [1.54, 1.807) is 6.92 Å². The van der Waals surface area contributed by atoms with Crippen LogP contribution in [-0.4, -0.2) is 26.9 Å². The Kier molecular flexibility index (Phi) is 4.08. The Balaban J connectivity index is 2.17. The third-order valence-electron chi connectivity index (χ3n) is 2.84. The summed E-state index contributed by atoms with van der Waals surface area (Å²) >= 11 is 0. The molecule has 0 unspecified atom stereocenters. The standard InChI is InChI=1S/C15H14N2O4/c1-9(14-12(19)3-2-4-13(14)20)16-17-15(21)10-5-7-11(18)8-6-10/h2-8,18-20H,1H3,(H,17,21)/b16-9+. The molecule has 2 aromatic rings. The zero-order valence-electron chi connectivity index (χ0n) is 11.2. The molecular weight excluding hydrogens is 272 g/mol. The van der Waals surface area contributed by atoms with Crippen LogP contribution in [0.1, 0.15) is 22.8 Å². The molecule has 0 aliphatic heterocycles. The number of nitrogens with zero attached hydrogens (tertiary/aromatic N) is 1. The van der Waals surface area contributed by atoms with Crippen LogP contribution in [0, 0.1) is 0 Å². The average molecular weight is 286 g/mol. The maximum Gasteiger partial charge on any atom is 0.271 e. The van der Waals surface area contributed by atoms with E-state index in [0.29, 0.717) is 5.56 Å². The minimum atomic E-state index is -0.468. The Morgan fingerprint density at radius 1 is 1.00 bits per heavy atom. The van der Waals surface area contributed by atoms with Crippen molar-refractivity contribution in [3.63, 3.8) is 0 Å². The molecule has 1 amide bonds. The van der Waals surface area contributed by atoms with E-state index in [2.05, 4.69) is 10.5 Å². The van der Waals surface area contributed by atoms with Crippen molar-refractivity contribution >= 4 is 11.6 Å². The number of carbonyl (C=O) groups excluding carboxylic acids is 1. The van der Waals surface area contributed by atoms with Gasteiger partial charge in [-0.3, -0.25) is 4.79 Å². The molecular formula is C15H14N2O4. The summed E-state index contributed by atoms with van der Waals surface area (Å²) < 4.78 is 0. The number of amides is 1. The van der Waals surface area contributed by atoms with Gasteiger partial charge in [0.15, 0.2) is 0 Å². The SMILES string of the molecule is C/C(=N\NC(=O)c1ccc(O)cc1)c1c(O)cccc1O. The van der Waals surface area contributed by atoms with Gasteiger partial charge in [-0.2, -0.15) is 5.10 Å². The van der Waals surface area contributed by atoms with E-state index < -0.39 is 5.91 Å². The lowest BCUT2D eigenvalue weighted by molar-refractivity contribution is 0.0954. The van der Waals surface area contributed by atoms with Crippen LogP contribution >= 0.6 is 0 Å². The summed E-state index contributed by atoms with van der Waals surface area (Å²) in [5, 5.41) is 32.4. The van der Waals surface area contributed by atoms with Crippen molar-refractivity contribution in [2.24, 2.45) is 5.10 Å². The van der Waals surface area contributed by atoms with Gasteiger partial charge < -0.3 is 15.3 Å². The number of rotatable bonds is 3. The molecule has 0 saturated carbocycles. The van der Waals surface area contributed by atoms with Gasteiger partial charge in [-0.15, -0.1) is 0 Å². The normalized spacial score (nSPS) is 11.2. The molecule has 0 aromatic heterocycles. The van der Waals surface area contributed by atoms with Crippen LogP contribution in [0.5, 0.6) is 17.2 Å². The highest BCUT2D eigenvalue weighted by Gasteiger charge is 2.11. The summed E-state index contributed by atoms with van der Waals surface area (Å²) in [7, 11) is 0. The first-order valence-electron chi connectivity index (χ1n) is 6.14. The van der Waals surface area contributed by atoms with E-state index in [0.717, 1.165) is 0 Å². The van der Waals surface area contributed by atoms with E-state index in [-0.39, 0.29) is 28.5 Å². The van der Waals surface area contributed by atoms with Gasteiger partial charge in [-0.05, 0) is 43.3 Å². The summed E-state index contributed by atoms with van der Waals surface area (Å²) in [6.45, 7) is 1.55. The van der Waals surface area contributed by atoms with Crippen LogP contribution in [0.15, 0.2) is 47.6 Å². The number of hydrogen-bond donors (Lipinski definition) is 4. The number of hydrazone groups is 1. The highest BCUT2D eigenvalue weighted by Crippen LogP contribution is 2.26. The van der Waals surface area contributed by atoms with Crippen molar-refractivity contribution in [2.45, 2.75) is 6.92 Å². The number of carbonyl (C=O) groups is 1. The van der Waals surface area contributed by atoms with Crippen molar-refractivity contribution in [2.75, 3.05) is 0 Å². The number of aromatic hydroxyl groups is 3. The molecule has 0 heterocycles. The summed E-state index contributed by atoms with van der Waals surface area (Å²) in [4.78, 5) is 11.8. The molecule has 0 saturated heterocycles. The third kappa shape index (κ3) is 3.30. The van der Waals surface area contributed by atoms with E-state index in [1.165, 1.54) is 42.5 Å². The number of benzene rings is 2. The fourth-order valence-electron chi connectivity index (χ4n) is 1.77. The smallest absolute Gasteiger partial charge is 0.271 e. The van der Waals surface area contributed by atoms with Crippen molar-refractivity contribution < 1.29 is 20.1 Å². The van der Waals surface area contributed by atoms with Crippen molar-refractivity contribution in [3.05, 3.63) is 53.6 Å². The first kappa shape index (κ1) is 14.4. The molecule has 0 spiro atoms. The van der Waals surface area contributed by atoms with Crippen molar-refractivity contribution in [3.8, 4) is 17.2 Å². The van der Waals surface area contributed by atoms with Crippen LogP contribution in [0.3, 0.4) is 0 Å². The van der Waals surface area contributed by atoms with Crippen LogP contribution in [-0.2, 0) is 0 Å².